The van der Waals surface area contributed by atoms with Crippen molar-refractivity contribution in [1.82, 2.24) is 5.43 Å². The Morgan fingerprint density at radius 3 is 2.58 bits per heavy atom. The van der Waals surface area contributed by atoms with Crippen LogP contribution in [0.25, 0.3) is 0 Å². The molecule has 0 aliphatic rings. The van der Waals surface area contributed by atoms with E-state index in [0.717, 1.165) is 17.7 Å². The molecule has 2 aromatic carbocycles. The first kappa shape index (κ1) is 14.3. The summed E-state index contributed by atoms with van der Waals surface area (Å²) in [4.78, 5) is 0. The number of ether oxygens (including phenoxy) is 1. The Labute approximate surface area is 127 Å². The highest BCUT2D eigenvalue weighted by atomic mass is 127. The Hall–Kier alpha value is -1.11. The maximum absolute atomic E-state index is 5.68. The molecule has 3 nitrogen and oxygen atoms in total. The van der Waals surface area contributed by atoms with Crippen LogP contribution in [0.1, 0.15) is 17.2 Å². The standard InChI is InChI=1S/C15H17IN2O/c1-19-14-4-2-3-12(10-14)15(18-17)9-11-5-7-13(16)8-6-11/h2-8,10,15,18H,9,17H2,1H3. The maximum atomic E-state index is 5.68. The van der Waals surface area contributed by atoms with Gasteiger partial charge < -0.3 is 4.74 Å². The number of nitrogens with one attached hydrogen (secondary N) is 1. The summed E-state index contributed by atoms with van der Waals surface area (Å²) in [6.07, 6.45) is 0.848. The molecule has 0 aliphatic heterocycles. The van der Waals surface area contributed by atoms with E-state index in [1.54, 1.807) is 7.11 Å². The van der Waals surface area contributed by atoms with Gasteiger partial charge in [-0.15, -0.1) is 0 Å². The van der Waals surface area contributed by atoms with Crippen LogP contribution >= 0.6 is 22.6 Å². The van der Waals surface area contributed by atoms with Crippen LogP contribution < -0.4 is 16.0 Å². The molecule has 0 aromatic heterocycles. The van der Waals surface area contributed by atoms with Gasteiger partial charge in [0, 0.05) is 3.57 Å². The fourth-order valence-electron chi connectivity index (χ4n) is 1.99. The van der Waals surface area contributed by atoms with Crippen molar-refractivity contribution in [2.75, 3.05) is 7.11 Å². The average molecular weight is 368 g/mol. The number of hydrogen-bond donors (Lipinski definition) is 2. The maximum Gasteiger partial charge on any atom is 0.119 e. The Kier molecular flexibility index (Phi) is 5.18. The molecule has 19 heavy (non-hydrogen) atoms. The Bertz CT molecular complexity index is 528. The van der Waals surface area contributed by atoms with Crippen LogP contribution in [0.3, 0.4) is 0 Å². The first-order chi connectivity index (χ1) is 9.22. The van der Waals surface area contributed by atoms with Crippen LogP contribution in [-0.2, 0) is 6.42 Å². The van der Waals surface area contributed by atoms with E-state index < -0.39 is 0 Å². The second kappa shape index (κ2) is 6.88. The third kappa shape index (κ3) is 3.92. The quantitative estimate of drug-likeness (QED) is 0.485. The van der Waals surface area contributed by atoms with Crippen molar-refractivity contribution in [2.45, 2.75) is 12.5 Å². The van der Waals surface area contributed by atoms with E-state index in [9.17, 15) is 0 Å². The second-order valence-corrected chi connectivity index (χ2v) is 5.57. The minimum atomic E-state index is 0.0789. The monoisotopic (exact) mass is 368 g/mol. The second-order valence-electron chi connectivity index (χ2n) is 4.33. The van der Waals surface area contributed by atoms with Gasteiger partial charge in [-0.2, -0.15) is 0 Å². The molecular formula is C15H17IN2O. The summed E-state index contributed by atoms with van der Waals surface area (Å²) in [6, 6.07) is 16.5. The highest BCUT2D eigenvalue weighted by Gasteiger charge is 2.11. The minimum Gasteiger partial charge on any atom is -0.497 e. The van der Waals surface area contributed by atoms with Gasteiger partial charge in [-0.05, 0) is 64.4 Å². The summed E-state index contributed by atoms with van der Waals surface area (Å²) in [7, 11) is 1.67. The molecule has 4 heteroatoms. The van der Waals surface area contributed by atoms with E-state index in [1.807, 2.05) is 18.2 Å². The van der Waals surface area contributed by atoms with Gasteiger partial charge in [0.25, 0.3) is 0 Å². The zero-order chi connectivity index (χ0) is 13.7. The molecule has 0 amide bonds. The summed E-state index contributed by atoms with van der Waals surface area (Å²) >= 11 is 2.30. The van der Waals surface area contributed by atoms with Crippen LogP contribution in [0.2, 0.25) is 0 Å². The van der Waals surface area contributed by atoms with Gasteiger partial charge in [-0.1, -0.05) is 24.3 Å². The molecule has 0 heterocycles. The molecule has 0 saturated heterocycles. The third-order valence-electron chi connectivity index (χ3n) is 3.05. The molecule has 2 rings (SSSR count). The van der Waals surface area contributed by atoms with E-state index >= 15 is 0 Å². The smallest absolute Gasteiger partial charge is 0.119 e. The van der Waals surface area contributed by atoms with Gasteiger partial charge in [0.15, 0.2) is 0 Å². The molecule has 0 aliphatic carbocycles. The topological polar surface area (TPSA) is 47.3 Å². The molecule has 0 bridgehead atoms. The van der Waals surface area contributed by atoms with E-state index in [4.69, 9.17) is 10.6 Å². The first-order valence-corrected chi connectivity index (χ1v) is 7.15. The fourth-order valence-corrected chi connectivity index (χ4v) is 2.35. The van der Waals surface area contributed by atoms with Gasteiger partial charge in [0.05, 0.1) is 13.2 Å². The zero-order valence-corrected chi connectivity index (χ0v) is 12.9. The predicted octanol–water partition coefficient (Wildman–Crippen LogP) is 3.05. The molecule has 100 valence electrons. The molecule has 0 radical (unpaired) electrons. The highest BCUT2D eigenvalue weighted by molar-refractivity contribution is 14.1. The Morgan fingerprint density at radius 1 is 1.21 bits per heavy atom. The molecular weight excluding hydrogens is 351 g/mol. The van der Waals surface area contributed by atoms with E-state index in [-0.39, 0.29) is 6.04 Å². The van der Waals surface area contributed by atoms with Crippen LogP contribution in [-0.4, -0.2) is 7.11 Å². The normalized spacial score (nSPS) is 12.2. The lowest BCUT2D eigenvalue weighted by Crippen LogP contribution is -2.29. The molecule has 1 atom stereocenters. The molecule has 0 spiro atoms. The van der Waals surface area contributed by atoms with E-state index in [1.165, 1.54) is 9.13 Å². The summed E-state index contributed by atoms with van der Waals surface area (Å²) in [5, 5.41) is 0. The highest BCUT2D eigenvalue weighted by Crippen LogP contribution is 2.22. The van der Waals surface area contributed by atoms with Crippen molar-refractivity contribution in [2.24, 2.45) is 5.84 Å². The van der Waals surface area contributed by atoms with Crippen LogP contribution in [0, 0.1) is 3.57 Å². The summed E-state index contributed by atoms with van der Waals surface area (Å²) in [5.41, 5.74) is 5.26. The Morgan fingerprint density at radius 2 is 1.95 bits per heavy atom. The summed E-state index contributed by atoms with van der Waals surface area (Å²) in [6.45, 7) is 0. The number of benzene rings is 2. The van der Waals surface area contributed by atoms with Crippen LogP contribution in [0.5, 0.6) is 5.75 Å². The van der Waals surface area contributed by atoms with Crippen LogP contribution in [0.4, 0.5) is 0 Å². The number of hydrogen-bond acceptors (Lipinski definition) is 3. The number of nitrogens with two attached hydrogens (primary N) is 1. The summed E-state index contributed by atoms with van der Waals surface area (Å²) in [5.74, 6) is 6.53. The van der Waals surface area contributed by atoms with Crippen LogP contribution in [0.15, 0.2) is 48.5 Å². The van der Waals surface area contributed by atoms with Crippen molar-refractivity contribution in [1.29, 1.82) is 0 Å². The fraction of sp³-hybridized carbons (Fsp3) is 0.200. The number of methoxy groups -OCH3 is 1. The number of hydrazine groups is 1. The van der Waals surface area contributed by atoms with Gasteiger partial charge in [0.1, 0.15) is 5.75 Å². The van der Waals surface area contributed by atoms with Crippen molar-refractivity contribution in [3.05, 3.63) is 63.2 Å². The molecule has 2 aromatic rings. The van der Waals surface area contributed by atoms with Gasteiger partial charge in [-0.25, -0.2) is 0 Å². The third-order valence-corrected chi connectivity index (χ3v) is 3.77. The van der Waals surface area contributed by atoms with Gasteiger partial charge in [-0.3, -0.25) is 11.3 Å². The molecule has 3 N–H and O–H groups in total. The lowest BCUT2D eigenvalue weighted by atomic mass is 9.99. The van der Waals surface area contributed by atoms with Crippen molar-refractivity contribution >= 4 is 22.6 Å². The van der Waals surface area contributed by atoms with E-state index in [2.05, 4.69) is 58.3 Å². The van der Waals surface area contributed by atoms with Crippen molar-refractivity contribution in [3.8, 4) is 5.75 Å². The largest absolute Gasteiger partial charge is 0.497 e. The van der Waals surface area contributed by atoms with Gasteiger partial charge >= 0.3 is 0 Å². The van der Waals surface area contributed by atoms with E-state index in [0.29, 0.717) is 0 Å². The van der Waals surface area contributed by atoms with Crippen molar-refractivity contribution in [3.63, 3.8) is 0 Å². The lowest BCUT2D eigenvalue weighted by molar-refractivity contribution is 0.413. The zero-order valence-electron chi connectivity index (χ0n) is 10.8. The molecule has 1 unspecified atom stereocenters. The lowest BCUT2D eigenvalue weighted by Gasteiger charge is -2.17. The molecule has 0 saturated carbocycles. The minimum absolute atomic E-state index is 0.0789. The summed E-state index contributed by atoms with van der Waals surface area (Å²) < 4.78 is 6.48. The Balaban J connectivity index is 2.17. The molecule has 0 fully saturated rings. The van der Waals surface area contributed by atoms with Gasteiger partial charge in [0.2, 0.25) is 0 Å². The first-order valence-electron chi connectivity index (χ1n) is 6.07. The SMILES string of the molecule is COc1cccc(C(Cc2ccc(I)cc2)NN)c1. The number of halogens is 1. The van der Waals surface area contributed by atoms with Crippen molar-refractivity contribution < 1.29 is 4.74 Å². The predicted molar refractivity (Wildman–Crippen MR) is 85.9 cm³/mol. The average Bonchev–Trinajstić information content (AvgIpc) is 2.46. The number of rotatable bonds is 5.